The van der Waals surface area contributed by atoms with Gasteiger partial charge in [-0.1, -0.05) is 0 Å². The van der Waals surface area contributed by atoms with Crippen molar-refractivity contribution in [3.63, 3.8) is 0 Å². The van der Waals surface area contributed by atoms with Crippen LogP contribution in [0.4, 0.5) is 18.0 Å². The molecule has 1 aromatic carbocycles. The number of hydrogen-bond donors (Lipinski definition) is 2. The van der Waals surface area contributed by atoms with Crippen LogP contribution >= 0.6 is 0 Å². The van der Waals surface area contributed by atoms with Gasteiger partial charge in [0.15, 0.2) is 0 Å². The molecule has 0 aromatic heterocycles. The first-order valence-electron chi connectivity index (χ1n) is 5.69. The van der Waals surface area contributed by atoms with Gasteiger partial charge in [0, 0.05) is 6.04 Å². The van der Waals surface area contributed by atoms with Crippen LogP contribution in [0.15, 0.2) is 29.2 Å². The van der Waals surface area contributed by atoms with E-state index in [4.69, 9.17) is 0 Å². The second kappa shape index (κ2) is 6.20. The fraction of sp³-hybridized carbons (Fsp3) is 0.364. The molecule has 0 aliphatic carbocycles. The molecule has 0 unspecified atom stereocenters. The summed E-state index contributed by atoms with van der Waals surface area (Å²) in [5, 5.41) is 2.31. The molecule has 0 bridgehead atoms. The van der Waals surface area contributed by atoms with Gasteiger partial charge in [-0.2, -0.15) is 0 Å². The van der Waals surface area contributed by atoms with E-state index in [-0.39, 0.29) is 10.9 Å². The predicted octanol–water partition coefficient (Wildman–Crippen LogP) is 1.98. The van der Waals surface area contributed by atoms with Crippen LogP contribution in [0.25, 0.3) is 0 Å². The average molecular weight is 326 g/mol. The minimum absolute atomic E-state index is 0.275. The van der Waals surface area contributed by atoms with Crippen molar-refractivity contribution in [3.05, 3.63) is 24.3 Å². The number of alkyl halides is 3. The van der Waals surface area contributed by atoms with E-state index in [9.17, 15) is 26.4 Å². The molecule has 0 aliphatic heterocycles. The molecule has 0 saturated carbocycles. The van der Waals surface area contributed by atoms with E-state index in [1.54, 1.807) is 18.6 Å². The summed E-state index contributed by atoms with van der Waals surface area (Å²) in [6.45, 7) is 3.27. The molecule has 0 saturated heterocycles. The highest BCUT2D eigenvalue weighted by Crippen LogP contribution is 2.23. The van der Waals surface area contributed by atoms with E-state index in [0.29, 0.717) is 0 Å². The second-order valence-electron chi connectivity index (χ2n) is 4.25. The highest BCUT2D eigenvalue weighted by Gasteiger charge is 2.31. The monoisotopic (exact) mass is 326 g/mol. The molecule has 0 fully saturated rings. The molecule has 10 heteroatoms. The lowest BCUT2D eigenvalue weighted by Gasteiger charge is -2.12. The van der Waals surface area contributed by atoms with Crippen molar-refractivity contribution >= 4 is 16.1 Å². The molecule has 0 spiro atoms. The number of amides is 2. The van der Waals surface area contributed by atoms with Crippen molar-refractivity contribution in [3.8, 4) is 5.75 Å². The summed E-state index contributed by atoms with van der Waals surface area (Å²) in [5.41, 5.74) is 0. The van der Waals surface area contributed by atoms with Gasteiger partial charge in [0.25, 0.3) is 10.0 Å². The molecule has 0 radical (unpaired) electrons. The summed E-state index contributed by atoms with van der Waals surface area (Å²) in [6.07, 6.45) is -4.87. The Labute approximate surface area is 119 Å². The van der Waals surface area contributed by atoms with Crippen molar-refractivity contribution in [1.82, 2.24) is 10.0 Å². The Kier molecular flexibility index (Phi) is 5.05. The summed E-state index contributed by atoms with van der Waals surface area (Å²) < 4.78 is 64.8. The Morgan fingerprint density at radius 2 is 1.71 bits per heavy atom. The zero-order chi connectivity index (χ0) is 16.3. The van der Waals surface area contributed by atoms with Crippen LogP contribution in [-0.4, -0.2) is 26.9 Å². The molecule has 0 heterocycles. The van der Waals surface area contributed by atoms with Gasteiger partial charge in [-0.15, -0.1) is 13.2 Å². The molecular weight excluding hydrogens is 313 g/mol. The van der Waals surface area contributed by atoms with Crippen molar-refractivity contribution in [1.29, 1.82) is 0 Å². The van der Waals surface area contributed by atoms with E-state index >= 15 is 0 Å². The summed E-state index contributed by atoms with van der Waals surface area (Å²) in [5.74, 6) is -0.562. The molecule has 0 aliphatic rings. The molecular formula is C11H13F3N2O4S. The number of nitrogens with one attached hydrogen (secondary N) is 2. The quantitative estimate of drug-likeness (QED) is 0.886. The lowest BCUT2D eigenvalue weighted by Crippen LogP contribution is -2.42. The zero-order valence-electron chi connectivity index (χ0n) is 11.1. The molecule has 6 nitrogen and oxygen atoms in total. The lowest BCUT2D eigenvalue weighted by molar-refractivity contribution is -0.274. The largest absolute Gasteiger partial charge is 0.573 e. The third-order valence-electron chi connectivity index (χ3n) is 2.01. The number of halogens is 3. The number of hydrogen-bond acceptors (Lipinski definition) is 4. The van der Waals surface area contributed by atoms with Crippen LogP contribution < -0.4 is 14.8 Å². The summed E-state index contributed by atoms with van der Waals surface area (Å²) in [6, 6.07) is 2.26. The molecule has 21 heavy (non-hydrogen) atoms. The maximum Gasteiger partial charge on any atom is 0.573 e. The SMILES string of the molecule is CC(C)NC(=O)NS(=O)(=O)c1ccc(OC(F)(F)F)cc1. The second-order valence-corrected chi connectivity index (χ2v) is 5.94. The Morgan fingerprint density at radius 1 is 1.19 bits per heavy atom. The van der Waals surface area contributed by atoms with Gasteiger partial charge in [-0.05, 0) is 38.1 Å². The predicted molar refractivity (Wildman–Crippen MR) is 67.1 cm³/mol. The normalized spacial score (nSPS) is 12.1. The van der Waals surface area contributed by atoms with Crippen molar-refractivity contribution in [2.45, 2.75) is 31.1 Å². The van der Waals surface area contributed by atoms with Crippen LogP contribution in [0.2, 0.25) is 0 Å². The van der Waals surface area contributed by atoms with Crippen LogP contribution in [0.3, 0.4) is 0 Å². The Bertz CT molecular complexity index is 597. The van der Waals surface area contributed by atoms with Crippen molar-refractivity contribution in [2.75, 3.05) is 0 Å². The minimum atomic E-state index is -4.87. The highest BCUT2D eigenvalue weighted by atomic mass is 32.2. The number of carbonyl (C=O) groups excluding carboxylic acids is 1. The maximum absolute atomic E-state index is 12.0. The van der Waals surface area contributed by atoms with Gasteiger partial charge in [0.2, 0.25) is 0 Å². The molecule has 2 amide bonds. The van der Waals surface area contributed by atoms with Crippen molar-refractivity contribution in [2.24, 2.45) is 0 Å². The smallest absolute Gasteiger partial charge is 0.406 e. The van der Waals surface area contributed by atoms with Crippen LogP contribution in [0.1, 0.15) is 13.8 Å². The van der Waals surface area contributed by atoms with E-state index in [1.807, 2.05) is 0 Å². The first kappa shape index (κ1) is 17.1. The van der Waals surface area contributed by atoms with E-state index in [0.717, 1.165) is 24.3 Å². The average Bonchev–Trinajstić information content (AvgIpc) is 2.25. The van der Waals surface area contributed by atoms with Crippen LogP contribution in [-0.2, 0) is 10.0 Å². The van der Waals surface area contributed by atoms with E-state index in [1.165, 1.54) is 0 Å². The Hall–Kier alpha value is -1.97. The van der Waals surface area contributed by atoms with E-state index < -0.39 is 28.2 Å². The fourth-order valence-corrected chi connectivity index (χ4v) is 2.21. The third kappa shape index (κ3) is 5.90. The van der Waals surface area contributed by atoms with Gasteiger partial charge >= 0.3 is 12.4 Å². The Morgan fingerprint density at radius 3 is 2.14 bits per heavy atom. The maximum atomic E-state index is 12.0. The van der Waals surface area contributed by atoms with Gasteiger partial charge in [0.05, 0.1) is 4.90 Å². The zero-order valence-corrected chi connectivity index (χ0v) is 11.9. The molecule has 1 aromatic rings. The Balaban J connectivity index is 2.83. The number of rotatable bonds is 4. The van der Waals surface area contributed by atoms with Crippen molar-refractivity contribution < 1.29 is 31.1 Å². The molecule has 118 valence electrons. The first-order valence-corrected chi connectivity index (χ1v) is 7.17. The van der Waals surface area contributed by atoms with E-state index in [2.05, 4.69) is 10.1 Å². The van der Waals surface area contributed by atoms with Gasteiger partial charge < -0.3 is 10.1 Å². The highest BCUT2D eigenvalue weighted by molar-refractivity contribution is 7.90. The summed E-state index contributed by atoms with van der Waals surface area (Å²) >= 11 is 0. The first-order chi connectivity index (χ1) is 9.49. The number of ether oxygens (including phenoxy) is 1. The van der Waals surface area contributed by atoms with Gasteiger partial charge in [0.1, 0.15) is 5.75 Å². The summed E-state index contributed by atoms with van der Waals surface area (Å²) in [7, 11) is -4.16. The van der Waals surface area contributed by atoms with Crippen LogP contribution in [0, 0.1) is 0 Å². The van der Waals surface area contributed by atoms with Crippen LogP contribution in [0.5, 0.6) is 5.75 Å². The fourth-order valence-electron chi connectivity index (χ4n) is 1.29. The van der Waals surface area contributed by atoms with Gasteiger partial charge in [-0.25, -0.2) is 17.9 Å². The molecule has 2 N–H and O–H groups in total. The lowest BCUT2D eigenvalue weighted by atomic mass is 10.3. The number of carbonyl (C=O) groups is 1. The number of urea groups is 1. The minimum Gasteiger partial charge on any atom is -0.406 e. The molecule has 1 rings (SSSR count). The number of benzene rings is 1. The standard InChI is InChI=1S/C11H13F3N2O4S/c1-7(2)15-10(17)16-21(18,19)9-5-3-8(4-6-9)20-11(12,13)14/h3-7H,1-2H3,(H2,15,16,17). The number of sulfonamides is 1. The summed E-state index contributed by atoms with van der Waals surface area (Å²) in [4.78, 5) is 11.0. The topological polar surface area (TPSA) is 84.5 Å². The van der Waals surface area contributed by atoms with Gasteiger partial charge in [-0.3, -0.25) is 0 Å². The molecule has 0 atom stereocenters. The third-order valence-corrected chi connectivity index (χ3v) is 3.36.